The molecule has 1 aliphatic rings. The zero-order chi connectivity index (χ0) is 14.5. The molecule has 0 spiro atoms. The summed E-state index contributed by atoms with van der Waals surface area (Å²) < 4.78 is 5.87. The van der Waals surface area contributed by atoms with Gasteiger partial charge in [-0.3, -0.25) is 0 Å². The van der Waals surface area contributed by atoms with Gasteiger partial charge >= 0.3 is 0 Å². The van der Waals surface area contributed by atoms with Crippen molar-refractivity contribution in [2.24, 2.45) is 5.73 Å². The SMILES string of the molecule is NC1CCC(Nc2cccc(Oc3ccccc3)c2)CC1. The van der Waals surface area contributed by atoms with Crippen LogP contribution in [0.15, 0.2) is 54.6 Å². The van der Waals surface area contributed by atoms with E-state index in [1.165, 1.54) is 0 Å². The number of hydrogen-bond acceptors (Lipinski definition) is 3. The molecular weight excluding hydrogens is 260 g/mol. The molecule has 0 heterocycles. The fourth-order valence-electron chi connectivity index (χ4n) is 2.77. The second-order valence-corrected chi connectivity index (χ2v) is 5.70. The van der Waals surface area contributed by atoms with Gasteiger partial charge in [0.15, 0.2) is 0 Å². The summed E-state index contributed by atoms with van der Waals surface area (Å²) >= 11 is 0. The van der Waals surface area contributed by atoms with Gasteiger partial charge in [0.25, 0.3) is 0 Å². The molecule has 0 aliphatic heterocycles. The van der Waals surface area contributed by atoms with Gasteiger partial charge in [-0.25, -0.2) is 0 Å². The van der Waals surface area contributed by atoms with Crippen molar-refractivity contribution in [2.45, 2.75) is 37.8 Å². The summed E-state index contributed by atoms with van der Waals surface area (Å²) in [7, 11) is 0. The van der Waals surface area contributed by atoms with Gasteiger partial charge in [-0.1, -0.05) is 24.3 Å². The van der Waals surface area contributed by atoms with E-state index in [-0.39, 0.29) is 0 Å². The second kappa shape index (κ2) is 6.64. The summed E-state index contributed by atoms with van der Waals surface area (Å²) in [4.78, 5) is 0. The van der Waals surface area contributed by atoms with Gasteiger partial charge in [-0.15, -0.1) is 0 Å². The van der Waals surface area contributed by atoms with Gasteiger partial charge in [0.1, 0.15) is 11.5 Å². The molecule has 21 heavy (non-hydrogen) atoms. The summed E-state index contributed by atoms with van der Waals surface area (Å²) in [6.07, 6.45) is 4.51. The maximum atomic E-state index is 5.95. The summed E-state index contributed by atoms with van der Waals surface area (Å²) in [6, 6.07) is 18.9. The van der Waals surface area contributed by atoms with Crippen LogP contribution >= 0.6 is 0 Å². The lowest BCUT2D eigenvalue weighted by Crippen LogP contribution is -2.32. The van der Waals surface area contributed by atoms with Crippen LogP contribution < -0.4 is 15.8 Å². The predicted molar refractivity (Wildman–Crippen MR) is 86.8 cm³/mol. The van der Waals surface area contributed by atoms with E-state index in [1.807, 2.05) is 42.5 Å². The number of nitrogens with two attached hydrogens (primary N) is 1. The van der Waals surface area contributed by atoms with E-state index >= 15 is 0 Å². The standard InChI is InChI=1S/C18H22N2O/c19-14-9-11-15(12-10-14)20-16-5-4-8-18(13-16)21-17-6-2-1-3-7-17/h1-8,13-15,20H,9-12,19H2. The Bertz CT molecular complexity index is 562. The van der Waals surface area contributed by atoms with Crippen LogP contribution in [0.25, 0.3) is 0 Å². The molecule has 3 heteroatoms. The topological polar surface area (TPSA) is 47.3 Å². The third-order valence-electron chi connectivity index (χ3n) is 3.96. The Hall–Kier alpha value is -2.00. The van der Waals surface area contributed by atoms with Crippen LogP contribution in [-0.2, 0) is 0 Å². The average Bonchev–Trinajstić information content (AvgIpc) is 2.51. The van der Waals surface area contributed by atoms with Crippen molar-refractivity contribution in [1.82, 2.24) is 0 Å². The lowest BCUT2D eigenvalue weighted by atomic mass is 9.92. The molecule has 1 fully saturated rings. The number of para-hydroxylation sites is 1. The highest BCUT2D eigenvalue weighted by Crippen LogP contribution is 2.26. The van der Waals surface area contributed by atoms with Crippen molar-refractivity contribution < 1.29 is 4.74 Å². The Labute approximate surface area is 126 Å². The fraction of sp³-hybridized carbons (Fsp3) is 0.333. The van der Waals surface area contributed by atoms with Gasteiger partial charge in [0.2, 0.25) is 0 Å². The van der Waals surface area contributed by atoms with Crippen LogP contribution in [-0.4, -0.2) is 12.1 Å². The summed E-state index contributed by atoms with van der Waals surface area (Å²) in [5.41, 5.74) is 7.07. The highest BCUT2D eigenvalue weighted by atomic mass is 16.5. The maximum absolute atomic E-state index is 5.95. The minimum Gasteiger partial charge on any atom is -0.457 e. The largest absolute Gasteiger partial charge is 0.457 e. The lowest BCUT2D eigenvalue weighted by Gasteiger charge is -2.27. The van der Waals surface area contributed by atoms with Crippen molar-refractivity contribution in [3.05, 3.63) is 54.6 Å². The smallest absolute Gasteiger partial charge is 0.129 e. The third-order valence-corrected chi connectivity index (χ3v) is 3.96. The summed E-state index contributed by atoms with van der Waals surface area (Å²) in [5.74, 6) is 1.72. The normalized spacial score (nSPS) is 21.8. The molecular formula is C18H22N2O. The Morgan fingerprint density at radius 3 is 2.33 bits per heavy atom. The molecule has 3 nitrogen and oxygen atoms in total. The Balaban J connectivity index is 1.63. The van der Waals surface area contributed by atoms with E-state index in [0.717, 1.165) is 42.9 Å². The number of ether oxygens (including phenoxy) is 1. The van der Waals surface area contributed by atoms with E-state index in [0.29, 0.717) is 12.1 Å². The molecule has 0 radical (unpaired) electrons. The molecule has 0 aromatic heterocycles. The van der Waals surface area contributed by atoms with Crippen molar-refractivity contribution in [2.75, 3.05) is 5.32 Å². The monoisotopic (exact) mass is 282 g/mol. The maximum Gasteiger partial charge on any atom is 0.129 e. The molecule has 3 rings (SSSR count). The second-order valence-electron chi connectivity index (χ2n) is 5.70. The number of nitrogens with one attached hydrogen (secondary N) is 1. The highest BCUT2D eigenvalue weighted by molar-refractivity contribution is 5.49. The highest BCUT2D eigenvalue weighted by Gasteiger charge is 2.18. The quantitative estimate of drug-likeness (QED) is 0.885. The zero-order valence-electron chi connectivity index (χ0n) is 12.2. The minimum atomic E-state index is 0.385. The van der Waals surface area contributed by atoms with Gasteiger partial charge in [0, 0.05) is 23.8 Å². The molecule has 0 atom stereocenters. The van der Waals surface area contributed by atoms with E-state index in [1.54, 1.807) is 0 Å². The minimum absolute atomic E-state index is 0.385. The Morgan fingerprint density at radius 1 is 0.857 bits per heavy atom. The van der Waals surface area contributed by atoms with Crippen molar-refractivity contribution in [3.8, 4) is 11.5 Å². The van der Waals surface area contributed by atoms with Crippen LogP contribution in [0.1, 0.15) is 25.7 Å². The summed E-state index contributed by atoms with van der Waals surface area (Å²) in [5, 5.41) is 3.59. The van der Waals surface area contributed by atoms with Gasteiger partial charge in [-0.05, 0) is 49.9 Å². The number of benzene rings is 2. The molecule has 2 aromatic carbocycles. The van der Waals surface area contributed by atoms with Crippen molar-refractivity contribution in [1.29, 1.82) is 0 Å². The summed E-state index contributed by atoms with van der Waals surface area (Å²) in [6.45, 7) is 0. The van der Waals surface area contributed by atoms with Gasteiger partial charge < -0.3 is 15.8 Å². The first-order chi connectivity index (χ1) is 10.3. The average molecular weight is 282 g/mol. The Morgan fingerprint density at radius 2 is 1.57 bits per heavy atom. The zero-order valence-corrected chi connectivity index (χ0v) is 12.2. The lowest BCUT2D eigenvalue weighted by molar-refractivity contribution is 0.411. The van der Waals surface area contributed by atoms with Crippen LogP contribution in [0.2, 0.25) is 0 Å². The van der Waals surface area contributed by atoms with Crippen LogP contribution in [0, 0.1) is 0 Å². The molecule has 3 N–H and O–H groups in total. The first-order valence-corrected chi connectivity index (χ1v) is 7.65. The van der Waals surface area contributed by atoms with E-state index < -0.39 is 0 Å². The molecule has 0 unspecified atom stereocenters. The third kappa shape index (κ3) is 3.99. The van der Waals surface area contributed by atoms with Crippen LogP contribution in [0.3, 0.4) is 0 Å². The molecule has 110 valence electrons. The first-order valence-electron chi connectivity index (χ1n) is 7.65. The Kier molecular flexibility index (Phi) is 4.41. The number of rotatable bonds is 4. The van der Waals surface area contributed by atoms with Crippen LogP contribution in [0.4, 0.5) is 5.69 Å². The molecule has 1 saturated carbocycles. The molecule has 0 saturated heterocycles. The van der Waals surface area contributed by atoms with E-state index in [2.05, 4.69) is 17.4 Å². The van der Waals surface area contributed by atoms with Crippen molar-refractivity contribution in [3.63, 3.8) is 0 Å². The number of anilines is 1. The van der Waals surface area contributed by atoms with E-state index in [4.69, 9.17) is 10.5 Å². The van der Waals surface area contributed by atoms with Gasteiger partial charge in [0.05, 0.1) is 0 Å². The van der Waals surface area contributed by atoms with E-state index in [9.17, 15) is 0 Å². The molecule has 0 amide bonds. The number of hydrogen-bond donors (Lipinski definition) is 2. The van der Waals surface area contributed by atoms with Gasteiger partial charge in [-0.2, -0.15) is 0 Å². The first kappa shape index (κ1) is 14.0. The van der Waals surface area contributed by atoms with Crippen molar-refractivity contribution >= 4 is 5.69 Å². The van der Waals surface area contributed by atoms with Crippen LogP contribution in [0.5, 0.6) is 11.5 Å². The fourth-order valence-corrected chi connectivity index (χ4v) is 2.77. The predicted octanol–water partition coefficient (Wildman–Crippen LogP) is 4.16. The molecule has 2 aromatic rings. The molecule has 1 aliphatic carbocycles. The molecule has 0 bridgehead atoms.